The van der Waals surface area contributed by atoms with Gasteiger partial charge in [-0.1, -0.05) is 12.8 Å². The first kappa shape index (κ1) is 21.5. The van der Waals surface area contributed by atoms with E-state index in [1.807, 2.05) is 0 Å². The number of carbonyl (C=O) groups is 2. The second kappa shape index (κ2) is 8.53. The monoisotopic (exact) mass is 453 g/mol. The quantitative estimate of drug-likeness (QED) is 0.766. The third kappa shape index (κ3) is 3.96. The van der Waals surface area contributed by atoms with Crippen LogP contribution in [-0.4, -0.2) is 52.3 Å². The van der Waals surface area contributed by atoms with E-state index in [1.165, 1.54) is 11.1 Å². The fourth-order valence-corrected chi connectivity index (χ4v) is 5.19. The van der Waals surface area contributed by atoms with E-state index in [0.717, 1.165) is 43.9 Å². The predicted octanol–water partition coefficient (Wildman–Crippen LogP) is 3.91. The highest BCUT2D eigenvalue weighted by molar-refractivity contribution is 6.19. The van der Waals surface area contributed by atoms with Crippen LogP contribution in [0.4, 0.5) is 19.3 Å². The fraction of sp³-hybridized carbons (Fsp3) is 0.417. The number of nitrogens with zero attached hydrogens (tertiary/aromatic N) is 4. The number of anilines is 1. The van der Waals surface area contributed by atoms with Crippen LogP contribution in [-0.2, 0) is 0 Å². The largest absolute Gasteiger partial charge is 0.338 e. The van der Waals surface area contributed by atoms with Crippen LogP contribution in [0.15, 0.2) is 47.7 Å². The molecule has 2 aromatic rings. The second-order valence-electron chi connectivity index (χ2n) is 8.87. The number of pyridine rings is 1. The minimum atomic E-state index is -0.883. The van der Waals surface area contributed by atoms with Crippen molar-refractivity contribution in [2.45, 2.75) is 50.1 Å². The van der Waals surface area contributed by atoms with E-state index in [2.05, 4.69) is 10.3 Å². The molecular formula is C24H25F2N5O2. The Hall–Kier alpha value is -3.36. The number of benzene rings is 1. The third-order valence-corrected chi connectivity index (χ3v) is 6.83. The highest BCUT2D eigenvalue weighted by atomic mass is 19.1. The molecular weight excluding hydrogens is 428 g/mol. The molecule has 3 fully saturated rings. The molecule has 3 amide bonds. The van der Waals surface area contributed by atoms with Gasteiger partial charge in [-0.25, -0.2) is 13.6 Å². The number of aliphatic imine (C=N–C) groups is 1. The van der Waals surface area contributed by atoms with E-state index >= 15 is 0 Å². The van der Waals surface area contributed by atoms with Crippen molar-refractivity contribution in [3.05, 3.63) is 59.9 Å². The van der Waals surface area contributed by atoms with Crippen LogP contribution in [0, 0.1) is 11.6 Å². The molecule has 0 atom stereocenters. The fourth-order valence-electron chi connectivity index (χ4n) is 5.19. The summed E-state index contributed by atoms with van der Waals surface area (Å²) < 4.78 is 28.1. The Kier molecular flexibility index (Phi) is 5.55. The molecule has 1 spiro atoms. The van der Waals surface area contributed by atoms with Crippen LogP contribution in [0.3, 0.4) is 0 Å². The van der Waals surface area contributed by atoms with Crippen LogP contribution >= 0.6 is 0 Å². The van der Waals surface area contributed by atoms with Gasteiger partial charge in [0.25, 0.3) is 5.91 Å². The molecule has 1 N–H and O–H groups in total. The Morgan fingerprint density at radius 3 is 2.45 bits per heavy atom. The lowest BCUT2D eigenvalue weighted by molar-refractivity contribution is 0.0699. The zero-order valence-corrected chi connectivity index (χ0v) is 18.1. The van der Waals surface area contributed by atoms with Crippen LogP contribution in [0.5, 0.6) is 0 Å². The molecule has 1 aromatic carbocycles. The molecule has 1 saturated carbocycles. The van der Waals surface area contributed by atoms with Gasteiger partial charge in [0.05, 0.1) is 17.3 Å². The lowest BCUT2D eigenvalue weighted by Gasteiger charge is -2.43. The van der Waals surface area contributed by atoms with Gasteiger partial charge >= 0.3 is 6.03 Å². The number of amides is 3. The Balaban J connectivity index is 1.48. The highest BCUT2D eigenvalue weighted by Crippen LogP contribution is 2.39. The summed E-state index contributed by atoms with van der Waals surface area (Å²) in [5, 5.41) is 2.88. The topological polar surface area (TPSA) is 77.9 Å². The van der Waals surface area contributed by atoms with Gasteiger partial charge in [0, 0.05) is 31.5 Å². The Morgan fingerprint density at radius 1 is 1.12 bits per heavy atom. The summed E-state index contributed by atoms with van der Waals surface area (Å²) in [6.07, 6.45) is 8.04. The minimum absolute atomic E-state index is 0.122. The predicted molar refractivity (Wildman–Crippen MR) is 119 cm³/mol. The van der Waals surface area contributed by atoms with E-state index in [-0.39, 0.29) is 17.6 Å². The number of hydrogen-bond donors (Lipinski definition) is 1. The second-order valence-corrected chi connectivity index (χ2v) is 8.87. The SMILES string of the molecule is O=C(c1cccnc1)N1CCC2(CC1)C(=NC1CCCC1)NC(=O)N2c1cc(F)cc(F)c1. The lowest BCUT2D eigenvalue weighted by atomic mass is 9.84. The molecule has 0 radical (unpaired) electrons. The van der Waals surface area contributed by atoms with E-state index in [0.29, 0.717) is 37.3 Å². The zero-order valence-electron chi connectivity index (χ0n) is 18.1. The van der Waals surface area contributed by atoms with Gasteiger partial charge < -0.3 is 4.90 Å². The molecule has 0 bridgehead atoms. The average Bonchev–Trinajstić information content (AvgIpc) is 3.40. The summed E-state index contributed by atoms with van der Waals surface area (Å²) in [6, 6.07) is 6.21. The van der Waals surface area contributed by atoms with Crippen LogP contribution in [0.1, 0.15) is 48.9 Å². The molecule has 2 aliphatic heterocycles. The number of amidine groups is 1. The van der Waals surface area contributed by atoms with Gasteiger partial charge in [0.15, 0.2) is 0 Å². The van der Waals surface area contributed by atoms with Crippen molar-refractivity contribution < 1.29 is 18.4 Å². The van der Waals surface area contributed by atoms with Crippen molar-refractivity contribution in [1.29, 1.82) is 0 Å². The summed E-state index contributed by atoms with van der Waals surface area (Å²) in [7, 11) is 0. The smallest absolute Gasteiger partial charge is 0.328 e. The third-order valence-electron chi connectivity index (χ3n) is 6.83. The van der Waals surface area contributed by atoms with Gasteiger partial charge in [0.1, 0.15) is 23.0 Å². The van der Waals surface area contributed by atoms with E-state index in [1.54, 1.807) is 23.2 Å². The summed E-state index contributed by atoms with van der Waals surface area (Å²) in [4.78, 5) is 38.1. The molecule has 172 valence electrons. The minimum Gasteiger partial charge on any atom is -0.338 e. The Bertz CT molecular complexity index is 1070. The van der Waals surface area contributed by atoms with Gasteiger partial charge in [-0.15, -0.1) is 0 Å². The summed E-state index contributed by atoms with van der Waals surface area (Å²) >= 11 is 0. The molecule has 3 aliphatic rings. The van der Waals surface area contributed by atoms with Crippen molar-refractivity contribution >= 4 is 23.5 Å². The highest BCUT2D eigenvalue weighted by Gasteiger charge is 2.53. The number of piperidine rings is 1. The molecule has 1 aromatic heterocycles. The lowest BCUT2D eigenvalue weighted by Crippen LogP contribution is -2.58. The molecule has 5 rings (SSSR count). The number of nitrogens with one attached hydrogen (secondary N) is 1. The van der Waals surface area contributed by atoms with Crippen molar-refractivity contribution in [2.24, 2.45) is 4.99 Å². The number of urea groups is 1. The first-order valence-electron chi connectivity index (χ1n) is 11.3. The van der Waals surface area contributed by atoms with Crippen molar-refractivity contribution in [3.63, 3.8) is 0 Å². The Labute approximate surface area is 190 Å². The molecule has 0 unspecified atom stereocenters. The van der Waals surface area contributed by atoms with Crippen LogP contribution in [0.25, 0.3) is 0 Å². The molecule has 33 heavy (non-hydrogen) atoms. The van der Waals surface area contributed by atoms with Gasteiger partial charge in [-0.2, -0.15) is 0 Å². The molecule has 3 heterocycles. The van der Waals surface area contributed by atoms with Crippen LogP contribution < -0.4 is 10.2 Å². The maximum atomic E-state index is 14.1. The number of rotatable bonds is 3. The van der Waals surface area contributed by atoms with Crippen LogP contribution in [0.2, 0.25) is 0 Å². The maximum absolute atomic E-state index is 14.1. The summed E-state index contributed by atoms with van der Waals surface area (Å²) in [6.45, 7) is 0.751. The number of likely N-dealkylation sites (tertiary alicyclic amines) is 1. The first-order valence-corrected chi connectivity index (χ1v) is 11.3. The van der Waals surface area contributed by atoms with Gasteiger partial charge in [-0.3, -0.25) is 25.0 Å². The molecule has 1 aliphatic carbocycles. The number of aromatic nitrogens is 1. The molecule has 9 heteroatoms. The molecule has 7 nitrogen and oxygen atoms in total. The van der Waals surface area contributed by atoms with Crippen molar-refractivity contribution in [3.8, 4) is 0 Å². The van der Waals surface area contributed by atoms with E-state index in [9.17, 15) is 18.4 Å². The molecule has 2 saturated heterocycles. The van der Waals surface area contributed by atoms with Crippen molar-refractivity contribution in [2.75, 3.05) is 18.0 Å². The maximum Gasteiger partial charge on any atom is 0.328 e. The average molecular weight is 453 g/mol. The van der Waals surface area contributed by atoms with Crippen molar-refractivity contribution in [1.82, 2.24) is 15.2 Å². The zero-order chi connectivity index (χ0) is 23.0. The summed E-state index contributed by atoms with van der Waals surface area (Å²) in [5.74, 6) is -1.10. The van der Waals surface area contributed by atoms with Gasteiger partial charge in [-0.05, 0) is 49.9 Å². The first-order chi connectivity index (χ1) is 16.0. The normalized spacial score (nSPS) is 21.8. The number of hydrogen-bond acceptors (Lipinski definition) is 4. The number of halogens is 2. The standard InChI is InChI=1S/C24H25F2N5O2/c25-17-12-18(26)14-20(13-17)31-23(33)29-22(28-19-5-1-2-6-19)24(31)7-10-30(11-8-24)21(32)16-4-3-9-27-15-16/h3-4,9,12-15,19H,1-2,5-8,10-11H2,(H,28,29,33). The Morgan fingerprint density at radius 2 is 1.82 bits per heavy atom. The van der Waals surface area contributed by atoms with E-state index < -0.39 is 23.2 Å². The summed E-state index contributed by atoms with van der Waals surface area (Å²) in [5.41, 5.74) is -0.238. The number of carbonyl (C=O) groups excluding carboxylic acids is 2. The van der Waals surface area contributed by atoms with E-state index in [4.69, 9.17) is 4.99 Å². The van der Waals surface area contributed by atoms with Gasteiger partial charge in [0.2, 0.25) is 0 Å².